The Balaban J connectivity index is 2.08. The van der Waals surface area contributed by atoms with Gasteiger partial charge in [0.15, 0.2) is 0 Å². The molecule has 2 aromatic carbocycles. The van der Waals surface area contributed by atoms with Gasteiger partial charge in [-0.3, -0.25) is 0 Å². The first-order chi connectivity index (χ1) is 8.29. The lowest BCUT2D eigenvalue weighted by atomic mass is 10.0. The minimum atomic E-state index is 0.552. The average Bonchev–Trinajstić information content (AvgIpc) is 2.39. The maximum atomic E-state index is 8.90. The summed E-state index contributed by atoms with van der Waals surface area (Å²) in [6, 6.07) is 18.1. The molecule has 0 aliphatic rings. The molecule has 0 fully saturated rings. The number of hydrogen-bond acceptors (Lipinski definition) is 2. The van der Waals surface area contributed by atoms with Crippen molar-refractivity contribution in [1.82, 2.24) is 0 Å². The molecule has 0 atom stereocenters. The second kappa shape index (κ2) is 5.18. The van der Waals surface area contributed by atoms with Crippen molar-refractivity contribution in [1.29, 1.82) is 5.26 Å². The normalized spacial score (nSPS) is 9.82. The molecule has 0 amide bonds. The van der Waals surface area contributed by atoms with E-state index in [1.165, 1.54) is 5.56 Å². The summed E-state index contributed by atoms with van der Waals surface area (Å²) in [5, 5.41) is 8.90. The summed E-state index contributed by atoms with van der Waals surface area (Å²) < 4.78 is 0. The maximum absolute atomic E-state index is 8.90. The van der Waals surface area contributed by atoms with Crippen molar-refractivity contribution >= 4 is 5.69 Å². The zero-order chi connectivity index (χ0) is 12.1. The summed E-state index contributed by atoms with van der Waals surface area (Å²) in [5.74, 6) is 0. The SMILES string of the molecule is N#Cc1cc(CCc2ccccc2)ccc1N. The van der Waals surface area contributed by atoms with E-state index < -0.39 is 0 Å². The molecule has 0 saturated heterocycles. The van der Waals surface area contributed by atoms with Crippen molar-refractivity contribution in [3.63, 3.8) is 0 Å². The van der Waals surface area contributed by atoms with E-state index in [-0.39, 0.29) is 0 Å². The number of benzene rings is 2. The van der Waals surface area contributed by atoms with Crippen LogP contribution in [0.1, 0.15) is 16.7 Å². The summed E-state index contributed by atoms with van der Waals surface area (Å²) in [6.45, 7) is 0. The molecule has 2 N–H and O–H groups in total. The molecule has 2 rings (SSSR count). The molecule has 0 heterocycles. The van der Waals surface area contributed by atoms with Gasteiger partial charge in [-0.1, -0.05) is 36.4 Å². The van der Waals surface area contributed by atoms with Gasteiger partial charge >= 0.3 is 0 Å². The molecule has 2 aromatic rings. The van der Waals surface area contributed by atoms with Crippen LogP contribution in [0.5, 0.6) is 0 Å². The highest BCUT2D eigenvalue weighted by Crippen LogP contribution is 2.14. The Kier molecular flexibility index (Phi) is 3.42. The standard InChI is InChI=1S/C15H14N2/c16-11-14-10-13(8-9-15(14)17)7-6-12-4-2-1-3-5-12/h1-5,8-10H,6-7,17H2. The molecule has 0 spiro atoms. The van der Waals surface area contributed by atoms with Gasteiger partial charge in [0, 0.05) is 5.69 Å². The third kappa shape index (κ3) is 2.85. The molecule has 0 saturated carbocycles. The molecule has 84 valence electrons. The van der Waals surface area contributed by atoms with E-state index in [9.17, 15) is 0 Å². The molecule has 2 heteroatoms. The number of rotatable bonds is 3. The Hall–Kier alpha value is -2.27. The van der Waals surface area contributed by atoms with Crippen LogP contribution in [0.15, 0.2) is 48.5 Å². The van der Waals surface area contributed by atoms with Gasteiger partial charge in [-0.2, -0.15) is 5.26 Å². The lowest BCUT2D eigenvalue weighted by Crippen LogP contribution is -1.95. The van der Waals surface area contributed by atoms with Crippen molar-refractivity contribution in [2.45, 2.75) is 12.8 Å². The van der Waals surface area contributed by atoms with Crippen molar-refractivity contribution in [3.05, 3.63) is 65.2 Å². The van der Waals surface area contributed by atoms with Crippen LogP contribution >= 0.6 is 0 Å². The first-order valence-corrected chi connectivity index (χ1v) is 5.62. The number of nitriles is 1. The Bertz CT molecular complexity index is 539. The van der Waals surface area contributed by atoms with E-state index in [0.29, 0.717) is 11.3 Å². The molecular formula is C15H14N2. The fourth-order valence-corrected chi connectivity index (χ4v) is 1.79. The van der Waals surface area contributed by atoms with Crippen LogP contribution in [0.4, 0.5) is 5.69 Å². The molecular weight excluding hydrogens is 208 g/mol. The maximum Gasteiger partial charge on any atom is 0.101 e. The third-order valence-electron chi connectivity index (χ3n) is 2.78. The van der Waals surface area contributed by atoms with Crippen LogP contribution in [-0.4, -0.2) is 0 Å². The van der Waals surface area contributed by atoms with Gasteiger partial charge in [0.25, 0.3) is 0 Å². The van der Waals surface area contributed by atoms with Crippen molar-refractivity contribution < 1.29 is 0 Å². The monoisotopic (exact) mass is 222 g/mol. The smallest absolute Gasteiger partial charge is 0.101 e. The second-order valence-electron chi connectivity index (χ2n) is 4.02. The molecule has 17 heavy (non-hydrogen) atoms. The van der Waals surface area contributed by atoms with E-state index in [1.807, 2.05) is 30.3 Å². The predicted octanol–water partition coefficient (Wildman–Crippen LogP) is 2.93. The first-order valence-electron chi connectivity index (χ1n) is 5.62. The average molecular weight is 222 g/mol. The lowest BCUT2D eigenvalue weighted by Gasteiger charge is -2.04. The Morgan fingerprint density at radius 3 is 2.35 bits per heavy atom. The van der Waals surface area contributed by atoms with Gasteiger partial charge in [-0.15, -0.1) is 0 Å². The van der Waals surface area contributed by atoms with Gasteiger partial charge in [-0.05, 0) is 36.1 Å². The minimum absolute atomic E-state index is 0.552. The van der Waals surface area contributed by atoms with Crippen LogP contribution in [-0.2, 0) is 12.8 Å². The molecule has 0 aromatic heterocycles. The van der Waals surface area contributed by atoms with E-state index in [2.05, 4.69) is 18.2 Å². The Morgan fingerprint density at radius 2 is 1.65 bits per heavy atom. The van der Waals surface area contributed by atoms with Crippen LogP contribution in [0.25, 0.3) is 0 Å². The topological polar surface area (TPSA) is 49.8 Å². The highest BCUT2D eigenvalue weighted by Gasteiger charge is 2.00. The number of nitrogen functional groups attached to an aromatic ring is 1. The van der Waals surface area contributed by atoms with E-state index in [4.69, 9.17) is 11.0 Å². The molecule has 0 unspecified atom stereocenters. The molecule has 0 aliphatic carbocycles. The largest absolute Gasteiger partial charge is 0.398 e. The number of hydrogen-bond donors (Lipinski definition) is 1. The zero-order valence-corrected chi connectivity index (χ0v) is 9.56. The van der Waals surface area contributed by atoms with Gasteiger partial charge < -0.3 is 5.73 Å². The second-order valence-corrected chi connectivity index (χ2v) is 4.02. The van der Waals surface area contributed by atoms with Gasteiger partial charge in [0.2, 0.25) is 0 Å². The number of nitrogens with two attached hydrogens (primary N) is 1. The summed E-state index contributed by atoms with van der Waals surface area (Å²) in [5.41, 5.74) is 9.26. The predicted molar refractivity (Wildman–Crippen MR) is 69.4 cm³/mol. The van der Waals surface area contributed by atoms with Crippen molar-refractivity contribution in [3.8, 4) is 6.07 Å². The number of nitrogens with zero attached hydrogens (tertiary/aromatic N) is 1. The quantitative estimate of drug-likeness (QED) is 0.812. The summed E-state index contributed by atoms with van der Waals surface area (Å²) in [6.07, 6.45) is 1.91. The molecule has 0 bridgehead atoms. The van der Waals surface area contributed by atoms with E-state index in [0.717, 1.165) is 18.4 Å². The first kappa shape index (κ1) is 11.2. The van der Waals surface area contributed by atoms with E-state index in [1.54, 1.807) is 6.07 Å². The van der Waals surface area contributed by atoms with E-state index >= 15 is 0 Å². The van der Waals surface area contributed by atoms with Gasteiger partial charge in [0.05, 0.1) is 5.56 Å². The van der Waals surface area contributed by atoms with Gasteiger partial charge in [0.1, 0.15) is 6.07 Å². The van der Waals surface area contributed by atoms with Crippen LogP contribution < -0.4 is 5.73 Å². The minimum Gasteiger partial charge on any atom is -0.398 e. The third-order valence-corrected chi connectivity index (χ3v) is 2.78. The Labute approximate surface area is 101 Å². The van der Waals surface area contributed by atoms with Gasteiger partial charge in [-0.25, -0.2) is 0 Å². The lowest BCUT2D eigenvalue weighted by molar-refractivity contribution is 0.960. The number of anilines is 1. The summed E-state index contributed by atoms with van der Waals surface area (Å²) in [4.78, 5) is 0. The fraction of sp³-hybridized carbons (Fsp3) is 0.133. The summed E-state index contributed by atoms with van der Waals surface area (Å²) in [7, 11) is 0. The van der Waals surface area contributed by atoms with Crippen LogP contribution in [0.2, 0.25) is 0 Å². The molecule has 0 aliphatic heterocycles. The zero-order valence-electron chi connectivity index (χ0n) is 9.56. The van der Waals surface area contributed by atoms with Crippen molar-refractivity contribution in [2.24, 2.45) is 0 Å². The highest BCUT2D eigenvalue weighted by molar-refractivity contribution is 5.55. The highest BCUT2D eigenvalue weighted by atomic mass is 14.6. The Morgan fingerprint density at radius 1 is 0.941 bits per heavy atom. The van der Waals surface area contributed by atoms with Crippen molar-refractivity contribution in [2.75, 3.05) is 5.73 Å². The number of aryl methyl sites for hydroxylation is 2. The summed E-state index contributed by atoms with van der Waals surface area (Å²) >= 11 is 0. The van der Waals surface area contributed by atoms with Crippen LogP contribution in [0.3, 0.4) is 0 Å². The van der Waals surface area contributed by atoms with Crippen LogP contribution in [0, 0.1) is 11.3 Å². The molecule has 0 radical (unpaired) electrons. The molecule has 2 nitrogen and oxygen atoms in total. The fourth-order valence-electron chi connectivity index (χ4n) is 1.79.